The molecule has 4 heteroatoms. The van der Waals surface area contributed by atoms with Crippen molar-refractivity contribution < 1.29 is 14.6 Å². The molecule has 2 rings (SSSR count). The van der Waals surface area contributed by atoms with Gasteiger partial charge in [0.2, 0.25) is 0 Å². The molecule has 2 aromatic carbocycles. The van der Waals surface area contributed by atoms with Crippen molar-refractivity contribution in [1.29, 1.82) is 0 Å². The molecule has 25 heavy (non-hydrogen) atoms. The lowest BCUT2D eigenvalue weighted by molar-refractivity contribution is 0.0506. The SMILES string of the molecule is CC[C@H](C)N(Cc1ccc(OC)cc1)C[C@@H](O)COc1ccccc1. The van der Waals surface area contributed by atoms with Gasteiger partial charge in [0.05, 0.1) is 7.11 Å². The molecule has 0 aliphatic rings. The molecule has 136 valence electrons. The van der Waals surface area contributed by atoms with Gasteiger partial charge in [0.1, 0.15) is 24.2 Å². The van der Waals surface area contributed by atoms with Gasteiger partial charge in [-0.1, -0.05) is 37.3 Å². The van der Waals surface area contributed by atoms with E-state index in [0.29, 0.717) is 19.2 Å². The van der Waals surface area contributed by atoms with Gasteiger partial charge in [-0.15, -0.1) is 0 Å². The van der Waals surface area contributed by atoms with E-state index in [1.54, 1.807) is 7.11 Å². The highest BCUT2D eigenvalue weighted by atomic mass is 16.5. The quantitative estimate of drug-likeness (QED) is 0.714. The summed E-state index contributed by atoms with van der Waals surface area (Å²) in [5.41, 5.74) is 1.21. The maximum atomic E-state index is 10.4. The molecule has 2 atom stereocenters. The molecule has 0 aliphatic carbocycles. The Morgan fingerprint density at radius 2 is 1.68 bits per heavy atom. The molecule has 2 aromatic rings. The van der Waals surface area contributed by atoms with Crippen molar-refractivity contribution >= 4 is 0 Å². The third-order valence-electron chi connectivity index (χ3n) is 4.39. The normalized spacial score (nSPS) is 13.5. The van der Waals surface area contributed by atoms with Crippen molar-refractivity contribution in [2.24, 2.45) is 0 Å². The minimum Gasteiger partial charge on any atom is -0.497 e. The van der Waals surface area contributed by atoms with Gasteiger partial charge < -0.3 is 14.6 Å². The minimum atomic E-state index is -0.535. The maximum Gasteiger partial charge on any atom is 0.119 e. The maximum absolute atomic E-state index is 10.4. The summed E-state index contributed by atoms with van der Waals surface area (Å²) < 4.78 is 10.9. The number of nitrogens with zero attached hydrogens (tertiary/aromatic N) is 1. The van der Waals surface area contributed by atoms with Gasteiger partial charge in [-0.3, -0.25) is 4.90 Å². The first-order chi connectivity index (χ1) is 12.1. The lowest BCUT2D eigenvalue weighted by atomic mass is 10.1. The van der Waals surface area contributed by atoms with E-state index >= 15 is 0 Å². The topological polar surface area (TPSA) is 41.9 Å². The van der Waals surface area contributed by atoms with Gasteiger partial charge in [0, 0.05) is 19.1 Å². The third kappa shape index (κ3) is 6.40. The average molecular weight is 343 g/mol. The van der Waals surface area contributed by atoms with E-state index in [1.165, 1.54) is 5.56 Å². The fraction of sp³-hybridized carbons (Fsp3) is 0.429. The number of aliphatic hydroxyl groups is 1. The standard InChI is InChI=1S/C21H29NO3/c1-4-17(2)22(14-18-10-12-20(24-3)13-11-18)15-19(23)16-25-21-8-6-5-7-9-21/h5-13,17,19,23H,4,14-16H2,1-3H3/t17-,19+/m0/s1. The van der Waals surface area contributed by atoms with Crippen LogP contribution in [-0.2, 0) is 6.54 Å². The number of benzene rings is 2. The van der Waals surface area contributed by atoms with Crippen LogP contribution in [0.5, 0.6) is 11.5 Å². The summed E-state index contributed by atoms with van der Waals surface area (Å²) in [5.74, 6) is 1.64. The summed E-state index contributed by atoms with van der Waals surface area (Å²) in [4.78, 5) is 2.29. The molecule has 0 amide bonds. The zero-order chi connectivity index (χ0) is 18.1. The highest BCUT2D eigenvalue weighted by Gasteiger charge is 2.17. The molecule has 0 unspecified atom stereocenters. The second-order valence-corrected chi connectivity index (χ2v) is 6.31. The molecule has 0 saturated carbocycles. The van der Waals surface area contributed by atoms with Crippen LogP contribution in [0.1, 0.15) is 25.8 Å². The Hall–Kier alpha value is -2.04. The Morgan fingerprint density at radius 1 is 1.00 bits per heavy atom. The number of rotatable bonds is 10. The molecule has 0 aromatic heterocycles. The van der Waals surface area contributed by atoms with Crippen molar-refractivity contribution in [3.8, 4) is 11.5 Å². The molecular formula is C21H29NO3. The number of aliphatic hydroxyl groups excluding tert-OH is 1. The van der Waals surface area contributed by atoms with E-state index in [-0.39, 0.29) is 0 Å². The molecule has 0 fully saturated rings. The molecule has 0 spiro atoms. The molecule has 1 N–H and O–H groups in total. The van der Waals surface area contributed by atoms with Gasteiger partial charge >= 0.3 is 0 Å². The van der Waals surface area contributed by atoms with Crippen molar-refractivity contribution in [2.75, 3.05) is 20.3 Å². The van der Waals surface area contributed by atoms with E-state index in [1.807, 2.05) is 42.5 Å². The minimum absolute atomic E-state index is 0.291. The van der Waals surface area contributed by atoms with Crippen LogP contribution in [0.4, 0.5) is 0 Å². The Labute approximate surface area is 151 Å². The van der Waals surface area contributed by atoms with Crippen LogP contribution in [0.15, 0.2) is 54.6 Å². The van der Waals surface area contributed by atoms with Crippen LogP contribution < -0.4 is 9.47 Å². The Bertz CT molecular complexity index is 600. The van der Waals surface area contributed by atoms with Gasteiger partial charge in [0.15, 0.2) is 0 Å². The van der Waals surface area contributed by atoms with Crippen LogP contribution in [0, 0.1) is 0 Å². The summed E-state index contributed by atoms with van der Waals surface area (Å²) in [5, 5.41) is 10.4. The van der Waals surface area contributed by atoms with E-state index in [4.69, 9.17) is 9.47 Å². The second kappa shape index (κ2) is 10.1. The molecule has 0 bridgehead atoms. The summed E-state index contributed by atoms with van der Waals surface area (Å²) >= 11 is 0. The molecule has 0 radical (unpaired) electrons. The number of methoxy groups -OCH3 is 1. The number of hydrogen-bond acceptors (Lipinski definition) is 4. The summed E-state index contributed by atoms with van der Waals surface area (Å²) in [6, 6.07) is 18.1. The predicted octanol–water partition coefficient (Wildman–Crippen LogP) is 3.74. The van der Waals surface area contributed by atoms with E-state index in [2.05, 4.69) is 30.9 Å². The van der Waals surface area contributed by atoms with Crippen molar-refractivity contribution in [3.63, 3.8) is 0 Å². The summed E-state index contributed by atoms with van der Waals surface area (Å²) in [7, 11) is 1.67. The number of para-hydroxylation sites is 1. The Kier molecular flexibility index (Phi) is 7.76. The number of ether oxygens (including phenoxy) is 2. The fourth-order valence-corrected chi connectivity index (χ4v) is 2.66. The lowest BCUT2D eigenvalue weighted by Gasteiger charge is -2.30. The van der Waals surface area contributed by atoms with Crippen LogP contribution >= 0.6 is 0 Å². The summed E-state index contributed by atoms with van der Waals surface area (Å²) in [6.45, 7) is 6.02. The van der Waals surface area contributed by atoms with Crippen LogP contribution in [0.2, 0.25) is 0 Å². The van der Waals surface area contributed by atoms with Crippen LogP contribution in [-0.4, -0.2) is 42.4 Å². The molecular weight excluding hydrogens is 314 g/mol. The fourth-order valence-electron chi connectivity index (χ4n) is 2.66. The molecule has 0 heterocycles. The largest absolute Gasteiger partial charge is 0.497 e. The third-order valence-corrected chi connectivity index (χ3v) is 4.39. The number of hydrogen-bond donors (Lipinski definition) is 1. The van der Waals surface area contributed by atoms with Crippen LogP contribution in [0.3, 0.4) is 0 Å². The lowest BCUT2D eigenvalue weighted by Crippen LogP contribution is -2.40. The Balaban J connectivity index is 1.91. The molecule has 4 nitrogen and oxygen atoms in total. The van der Waals surface area contributed by atoms with Gasteiger partial charge in [0.25, 0.3) is 0 Å². The van der Waals surface area contributed by atoms with Crippen molar-refractivity contribution in [2.45, 2.75) is 39.0 Å². The first-order valence-electron chi connectivity index (χ1n) is 8.85. The zero-order valence-electron chi connectivity index (χ0n) is 15.4. The Morgan fingerprint density at radius 3 is 2.28 bits per heavy atom. The first kappa shape index (κ1) is 19.3. The van der Waals surface area contributed by atoms with Gasteiger partial charge in [-0.25, -0.2) is 0 Å². The van der Waals surface area contributed by atoms with Crippen molar-refractivity contribution in [1.82, 2.24) is 4.90 Å². The zero-order valence-corrected chi connectivity index (χ0v) is 15.4. The van der Waals surface area contributed by atoms with E-state index in [9.17, 15) is 5.11 Å². The van der Waals surface area contributed by atoms with E-state index in [0.717, 1.165) is 24.5 Å². The van der Waals surface area contributed by atoms with E-state index < -0.39 is 6.10 Å². The smallest absolute Gasteiger partial charge is 0.119 e. The first-order valence-corrected chi connectivity index (χ1v) is 8.85. The average Bonchev–Trinajstić information content (AvgIpc) is 2.66. The molecule has 0 saturated heterocycles. The molecule has 0 aliphatic heterocycles. The highest BCUT2D eigenvalue weighted by molar-refractivity contribution is 5.27. The monoisotopic (exact) mass is 343 g/mol. The highest BCUT2D eigenvalue weighted by Crippen LogP contribution is 2.16. The van der Waals surface area contributed by atoms with Gasteiger partial charge in [-0.05, 0) is 43.2 Å². The van der Waals surface area contributed by atoms with Crippen molar-refractivity contribution in [3.05, 3.63) is 60.2 Å². The van der Waals surface area contributed by atoms with Gasteiger partial charge in [-0.2, -0.15) is 0 Å². The predicted molar refractivity (Wildman–Crippen MR) is 101 cm³/mol. The second-order valence-electron chi connectivity index (χ2n) is 6.31. The summed E-state index contributed by atoms with van der Waals surface area (Å²) in [6.07, 6.45) is 0.495. The van der Waals surface area contributed by atoms with Crippen LogP contribution in [0.25, 0.3) is 0 Å².